The molecule has 1 rings (SSSR count). The van der Waals surface area contributed by atoms with Crippen LogP contribution in [0.1, 0.15) is 72.1 Å². The van der Waals surface area contributed by atoms with Crippen molar-refractivity contribution < 1.29 is 9.28 Å². The van der Waals surface area contributed by atoms with Gasteiger partial charge in [-0.15, -0.1) is 6.58 Å². The molecule has 0 radical (unpaired) electrons. The molecule has 0 fully saturated rings. The Hall–Kier alpha value is -1.16. The standard InChI is InChI=1S/C19H35N3O/c1-5-7-8-9-10-11-12-13-14-19-20-15-16-22(19,6-2)17(3)21-18(4)23/h5,17H,1,6-16H2,2-4H3/p+1. The molecular formula is C19H36N3O+. The van der Waals surface area contributed by atoms with Gasteiger partial charge in [-0.2, -0.15) is 0 Å². The monoisotopic (exact) mass is 322 g/mol. The number of likely N-dealkylation sites (N-methyl/N-ethyl adjacent to an activating group) is 1. The number of nitrogens with zero attached hydrogens (tertiary/aromatic N) is 2. The lowest BCUT2D eigenvalue weighted by Crippen LogP contribution is -2.62. The largest absolute Gasteiger partial charge is 0.307 e. The highest BCUT2D eigenvalue weighted by atomic mass is 16.1. The molecule has 0 aromatic rings. The lowest BCUT2D eigenvalue weighted by molar-refractivity contribution is -0.861. The summed E-state index contributed by atoms with van der Waals surface area (Å²) in [6, 6.07) is 0. The maximum atomic E-state index is 11.4. The van der Waals surface area contributed by atoms with Crippen molar-refractivity contribution >= 4 is 11.7 Å². The number of amides is 1. The average molecular weight is 323 g/mol. The first-order valence-electron chi connectivity index (χ1n) is 9.35. The SMILES string of the molecule is C=CCCCCCCCCC1=NCC[N+]1(CC)C(C)NC(C)=O. The maximum absolute atomic E-state index is 11.4. The third kappa shape index (κ3) is 6.09. The van der Waals surface area contributed by atoms with Gasteiger partial charge < -0.3 is 5.32 Å². The molecule has 0 spiro atoms. The van der Waals surface area contributed by atoms with Gasteiger partial charge in [0.1, 0.15) is 6.54 Å². The first kappa shape index (κ1) is 19.9. The molecule has 1 aliphatic heterocycles. The minimum atomic E-state index is 0.0502. The van der Waals surface area contributed by atoms with Gasteiger partial charge in [0.15, 0.2) is 12.0 Å². The summed E-state index contributed by atoms with van der Waals surface area (Å²) in [5.41, 5.74) is 0. The van der Waals surface area contributed by atoms with Crippen LogP contribution in [-0.4, -0.2) is 42.0 Å². The number of carbonyl (C=O) groups is 1. The molecule has 1 heterocycles. The summed E-state index contributed by atoms with van der Waals surface area (Å²) in [5, 5.41) is 3.08. The zero-order valence-electron chi connectivity index (χ0n) is 15.4. The first-order chi connectivity index (χ1) is 11.1. The van der Waals surface area contributed by atoms with E-state index in [9.17, 15) is 4.79 Å². The summed E-state index contributed by atoms with van der Waals surface area (Å²) in [5.74, 6) is 1.34. The predicted octanol–water partition coefficient (Wildman–Crippen LogP) is 4.02. The number of amidine groups is 1. The fraction of sp³-hybridized carbons (Fsp3) is 0.789. The van der Waals surface area contributed by atoms with Crippen molar-refractivity contribution in [2.45, 2.75) is 78.3 Å². The van der Waals surface area contributed by atoms with E-state index in [2.05, 4.69) is 25.7 Å². The minimum Gasteiger partial charge on any atom is -0.307 e. The summed E-state index contributed by atoms with van der Waals surface area (Å²) in [7, 11) is 0. The number of aliphatic imine (C=N–C) groups is 1. The smallest absolute Gasteiger partial charge is 0.221 e. The highest BCUT2D eigenvalue weighted by Crippen LogP contribution is 2.23. The number of hydrogen-bond donors (Lipinski definition) is 1. The van der Waals surface area contributed by atoms with Crippen LogP contribution in [0.15, 0.2) is 17.6 Å². The number of hydrogen-bond acceptors (Lipinski definition) is 2. The average Bonchev–Trinajstić information content (AvgIpc) is 2.93. The molecule has 4 heteroatoms. The van der Waals surface area contributed by atoms with Crippen LogP contribution in [0.5, 0.6) is 0 Å². The van der Waals surface area contributed by atoms with Crippen molar-refractivity contribution in [3.05, 3.63) is 12.7 Å². The van der Waals surface area contributed by atoms with E-state index in [1.165, 1.54) is 44.4 Å². The molecule has 0 aliphatic carbocycles. The molecule has 0 bridgehead atoms. The molecule has 2 atom stereocenters. The van der Waals surface area contributed by atoms with Gasteiger partial charge in [-0.05, 0) is 26.2 Å². The van der Waals surface area contributed by atoms with Gasteiger partial charge in [-0.1, -0.05) is 31.8 Å². The van der Waals surface area contributed by atoms with Gasteiger partial charge in [-0.25, -0.2) is 4.99 Å². The van der Waals surface area contributed by atoms with E-state index in [1.807, 2.05) is 6.08 Å². The molecule has 0 aromatic heterocycles. The van der Waals surface area contributed by atoms with Gasteiger partial charge in [0, 0.05) is 20.3 Å². The van der Waals surface area contributed by atoms with E-state index in [0.29, 0.717) is 0 Å². The van der Waals surface area contributed by atoms with Gasteiger partial charge in [-0.3, -0.25) is 9.28 Å². The van der Waals surface area contributed by atoms with E-state index in [4.69, 9.17) is 4.99 Å². The molecule has 0 saturated carbocycles. The third-order valence-corrected chi connectivity index (χ3v) is 5.08. The number of quaternary nitrogens is 1. The normalized spacial score (nSPS) is 21.8. The summed E-state index contributed by atoms with van der Waals surface area (Å²) >= 11 is 0. The Morgan fingerprint density at radius 1 is 1.30 bits per heavy atom. The second kappa shape index (κ2) is 10.6. The highest BCUT2D eigenvalue weighted by molar-refractivity contribution is 5.78. The molecule has 2 unspecified atom stereocenters. The van der Waals surface area contributed by atoms with Crippen molar-refractivity contribution in [1.82, 2.24) is 5.32 Å². The first-order valence-corrected chi connectivity index (χ1v) is 9.35. The van der Waals surface area contributed by atoms with Crippen molar-refractivity contribution in [3.8, 4) is 0 Å². The van der Waals surface area contributed by atoms with Crippen LogP contribution in [0.4, 0.5) is 0 Å². The maximum Gasteiger partial charge on any atom is 0.221 e. The predicted molar refractivity (Wildman–Crippen MR) is 98.4 cm³/mol. The van der Waals surface area contributed by atoms with Crippen molar-refractivity contribution in [2.24, 2.45) is 4.99 Å². The quantitative estimate of drug-likeness (QED) is 0.329. The Morgan fingerprint density at radius 3 is 2.57 bits per heavy atom. The Labute approximate surface area is 142 Å². The number of carbonyl (C=O) groups excluding carboxylic acids is 1. The Balaban J connectivity index is 2.36. The third-order valence-electron chi connectivity index (χ3n) is 5.08. The summed E-state index contributed by atoms with van der Waals surface area (Å²) < 4.78 is 0.846. The van der Waals surface area contributed by atoms with Crippen LogP contribution in [0, 0.1) is 0 Å². The molecule has 0 aromatic carbocycles. The molecule has 1 amide bonds. The highest BCUT2D eigenvalue weighted by Gasteiger charge is 2.41. The van der Waals surface area contributed by atoms with Crippen LogP contribution in [0.25, 0.3) is 0 Å². The summed E-state index contributed by atoms with van der Waals surface area (Å²) in [6.45, 7) is 12.6. The van der Waals surface area contributed by atoms with Crippen LogP contribution < -0.4 is 5.32 Å². The second-order valence-corrected chi connectivity index (χ2v) is 6.70. The topological polar surface area (TPSA) is 41.5 Å². The lowest BCUT2D eigenvalue weighted by Gasteiger charge is -2.39. The van der Waals surface area contributed by atoms with Crippen LogP contribution >= 0.6 is 0 Å². The Bertz CT molecular complexity index is 405. The van der Waals surface area contributed by atoms with Crippen molar-refractivity contribution in [1.29, 1.82) is 0 Å². The molecule has 1 aliphatic rings. The second-order valence-electron chi connectivity index (χ2n) is 6.70. The molecule has 1 N–H and O–H groups in total. The fourth-order valence-corrected chi connectivity index (χ4v) is 3.66. The van der Waals surface area contributed by atoms with E-state index >= 15 is 0 Å². The number of unbranched alkanes of at least 4 members (excludes halogenated alkanes) is 6. The lowest BCUT2D eigenvalue weighted by atomic mass is 10.1. The Kier molecular flexibility index (Phi) is 9.15. The molecule has 4 nitrogen and oxygen atoms in total. The van der Waals surface area contributed by atoms with Gasteiger partial charge in [0.2, 0.25) is 5.91 Å². The van der Waals surface area contributed by atoms with Gasteiger partial charge in [0.25, 0.3) is 0 Å². The van der Waals surface area contributed by atoms with E-state index in [0.717, 1.165) is 37.0 Å². The number of nitrogens with one attached hydrogen (secondary N) is 1. The summed E-state index contributed by atoms with van der Waals surface area (Å²) in [4.78, 5) is 16.2. The molecular weight excluding hydrogens is 286 g/mol. The zero-order valence-corrected chi connectivity index (χ0v) is 15.4. The Morgan fingerprint density at radius 2 is 1.96 bits per heavy atom. The molecule has 0 saturated heterocycles. The van der Waals surface area contributed by atoms with E-state index in [-0.39, 0.29) is 12.1 Å². The van der Waals surface area contributed by atoms with Gasteiger partial charge in [0.05, 0.1) is 13.1 Å². The summed E-state index contributed by atoms with van der Waals surface area (Å²) in [6.07, 6.45) is 12.1. The number of rotatable bonds is 12. The van der Waals surface area contributed by atoms with Gasteiger partial charge >= 0.3 is 0 Å². The van der Waals surface area contributed by atoms with Crippen LogP contribution in [0.2, 0.25) is 0 Å². The molecule has 23 heavy (non-hydrogen) atoms. The van der Waals surface area contributed by atoms with Crippen molar-refractivity contribution in [2.75, 3.05) is 19.6 Å². The fourth-order valence-electron chi connectivity index (χ4n) is 3.66. The van der Waals surface area contributed by atoms with Crippen LogP contribution in [0.3, 0.4) is 0 Å². The van der Waals surface area contributed by atoms with Crippen LogP contribution in [-0.2, 0) is 4.79 Å². The van der Waals surface area contributed by atoms with E-state index < -0.39 is 0 Å². The van der Waals surface area contributed by atoms with Crippen molar-refractivity contribution in [3.63, 3.8) is 0 Å². The van der Waals surface area contributed by atoms with E-state index in [1.54, 1.807) is 6.92 Å². The number of allylic oxidation sites excluding steroid dienone is 1. The molecule has 132 valence electrons. The zero-order chi connectivity index (χ0) is 17.1. The minimum absolute atomic E-state index is 0.0502.